The number of hydrogen-bond donors (Lipinski definition) is 0. The van der Waals surface area contributed by atoms with Crippen LogP contribution >= 0.6 is 11.6 Å². The number of nitrogens with zero attached hydrogens (tertiary/aromatic N) is 1. The minimum Gasteiger partial charge on any atom is -0.287 e. The maximum atomic E-state index is 11.2. The van der Waals surface area contributed by atoms with E-state index in [4.69, 9.17) is 15.8 Å². The summed E-state index contributed by atoms with van der Waals surface area (Å²) in [6.45, 7) is 1.16. The molecule has 1 atom stereocenters. The molecule has 0 spiro atoms. The van der Waals surface area contributed by atoms with Crippen LogP contribution in [0.3, 0.4) is 0 Å². The molecule has 1 saturated heterocycles. The van der Waals surface area contributed by atoms with Crippen LogP contribution in [0.4, 0.5) is 0 Å². The van der Waals surface area contributed by atoms with Gasteiger partial charge in [0.1, 0.15) is 6.10 Å². The molecule has 0 aromatic heterocycles. The van der Waals surface area contributed by atoms with E-state index < -0.39 is 10.1 Å². The summed E-state index contributed by atoms with van der Waals surface area (Å²) in [5.74, 6) is 0. The number of likely N-dealkylation sites (tertiary alicyclic amines) is 1. The topological polar surface area (TPSA) is 46.6 Å². The Hall–Kier alpha value is -1.40. The van der Waals surface area contributed by atoms with Gasteiger partial charge in [-0.05, 0) is 23.3 Å². The monoisotopic (exact) mass is 351 g/mol. The zero-order chi connectivity index (χ0) is 16.4. The molecule has 1 aliphatic rings. The summed E-state index contributed by atoms with van der Waals surface area (Å²) in [4.78, 5) is 2.20. The average molecular weight is 352 g/mol. The van der Waals surface area contributed by atoms with E-state index in [9.17, 15) is 8.42 Å². The second-order valence-electron chi connectivity index (χ2n) is 5.74. The molecule has 23 heavy (non-hydrogen) atoms. The van der Waals surface area contributed by atoms with Gasteiger partial charge in [0.05, 0.1) is 12.3 Å². The standard InChI is InChI=1S/C17H18ClNO3S/c1-23(20,21)22-16-11-19(12-16)17(13-5-3-2-4-6-13)14-7-9-15(18)10-8-14/h2-10,16-17H,11-12H2,1H3. The van der Waals surface area contributed by atoms with Gasteiger partial charge in [-0.1, -0.05) is 54.1 Å². The van der Waals surface area contributed by atoms with Crippen LogP contribution in [0.25, 0.3) is 0 Å². The van der Waals surface area contributed by atoms with Crippen LogP contribution in [0.5, 0.6) is 0 Å². The van der Waals surface area contributed by atoms with Gasteiger partial charge in [-0.3, -0.25) is 9.08 Å². The fourth-order valence-corrected chi connectivity index (χ4v) is 3.63. The molecule has 0 radical (unpaired) electrons. The predicted octanol–water partition coefficient (Wildman–Crippen LogP) is 3.09. The third-order valence-corrected chi connectivity index (χ3v) is 4.73. The van der Waals surface area contributed by atoms with Crippen molar-refractivity contribution in [3.8, 4) is 0 Å². The number of rotatable bonds is 5. The van der Waals surface area contributed by atoms with Gasteiger partial charge in [0, 0.05) is 18.1 Å². The second kappa shape index (κ2) is 6.61. The summed E-state index contributed by atoms with van der Waals surface area (Å²) in [6, 6.07) is 17.9. The summed E-state index contributed by atoms with van der Waals surface area (Å²) in [7, 11) is -3.41. The molecule has 4 nitrogen and oxygen atoms in total. The maximum absolute atomic E-state index is 11.2. The molecule has 1 fully saturated rings. The summed E-state index contributed by atoms with van der Waals surface area (Å²) >= 11 is 5.99. The van der Waals surface area contributed by atoms with Crippen LogP contribution in [0.2, 0.25) is 5.02 Å². The molecule has 6 heteroatoms. The van der Waals surface area contributed by atoms with Crippen molar-refractivity contribution >= 4 is 21.7 Å². The predicted molar refractivity (Wildman–Crippen MR) is 91.0 cm³/mol. The Morgan fingerprint density at radius 3 is 2.17 bits per heavy atom. The Bertz CT molecular complexity index is 756. The van der Waals surface area contributed by atoms with E-state index >= 15 is 0 Å². The molecule has 0 N–H and O–H groups in total. The molecule has 0 bridgehead atoms. The summed E-state index contributed by atoms with van der Waals surface area (Å²) < 4.78 is 27.5. The summed E-state index contributed by atoms with van der Waals surface area (Å²) in [6.07, 6.45) is 0.812. The summed E-state index contributed by atoms with van der Waals surface area (Å²) in [5.41, 5.74) is 2.28. The van der Waals surface area contributed by atoms with Crippen molar-refractivity contribution in [1.29, 1.82) is 0 Å². The smallest absolute Gasteiger partial charge is 0.264 e. The Labute approximate surface area is 141 Å². The van der Waals surface area contributed by atoms with Gasteiger partial charge in [0.2, 0.25) is 0 Å². The lowest BCUT2D eigenvalue weighted by molar-refractivity contribution is 0.00475. The van der Waals surface area contributed by atoms with Gasteiger partial charge < -0.3 is 0 Å². The molecule has 1 heterocycles. The van der Waals surface area contributed by atoms with Crippen molar-refractivity contribution in [2.75, 3.05) is 19.3 Å². The number of benzene rings is 2. The first-order valence-electron chi connectivity index (χ1n) is 7.35. The minimum atomic E-state index is -3.41. The quantitative estimate of drug-likeness (QED) is 0.777. The maximum Gasteiger partial charge on any atom is 0.264 e. The Balaban J connectivity index is 1.82. The number of hydrogen-bond acceptors (Lipinski definition) is 4. The minimum absolute atomic E-state index is 0.0628. The van der Waals surface area contributed by atoms with Crippen molar-refractivity contribution in [2.45, 2.75) is 12.1 Å². The normalized spacial score (nSPS) is 17.7. The van der Waals surface area contributed by atoms with E-state index in [2.05, 4.69) is 17.0 Å². The Morgan fingerprint density at radius 2 is 1.61 bits per heavy atom. The largest absolute Gasteiger partial charge is 0.287 e. The van der Waals surface area contributed by atoms with Gasteiger partial charge in [-0.25, -0.2) is 0 Å². The highest BCUT2D eigenvalue weighted by Gasteiger charge is 2.36. The first-order valence-corrected chi connectivity index (χ1v) is 9.54. The lowest BCUT2D eigenvalue weighted by atomic mass is 9.94. The summed E-state index contributed by atoms with van der Waals surface area (Å²) in [5, 5.41) is 0.697. The lowest BCUT2D eigenvalue weighted by Gasteiger charge is -2.43. The van der Waals surface area contributed by atoms with Crippen LogP contribution in [0.1, 0.15) is 17.2 Å². The molecule has 2 aromatic rings. The van der Waals surface area contributed by atoms with E-state index in [1.165, 1.54) is 0 Å². The molecule has 1 aliphatic heterocycles. The van der Waals surface area contributed by atoms with Crippen LogP contribution in [0, 0.1) is 0 Å². The zero-order valence-corrected chi connectivity index (χ0v) is 14.3. The van der Waals surface area contributed by atoms with Crippen molar-refractivity contribution in [3.63, 3.8) is 0 Å². The average Bonchev–Trinajstić information content (AvgIpc) is 2.47. The zero-order valence-electron chi connectivity index (χ0n) is 12.7. The third-order valence-electron chi connectivity index (χ3n) is 3.85. The van der Waals surface area contributed by atoms with Crippen LogP contribution in [0.15, 0.2) is 54.6 Å². The van der Waals surface area contributed by atoms with E-state index in [1.807, 2.05) is 42.5 Å². The van der Waals surface area contributed by atoms with Crippen molar-refractivity contribution in [1.82, 2.24) is 4.90 Å². The van der Waals surface area contributed by atoms with Crippen LogP contribution < -0.4 is 0 Å². The molecule has 0 aliphatic carbocycles. The molecule has 122 valence electrons. The van der Waals surface area contributed by atoms with Gasteiger partial charge in [-0.15, -0.1) is 0 Å². The molecule has 2 aromatic carbocycles. The first kappa shape index (κ1) is 16.5. The van der Waals surface area contributed by atoms with Crippen molar-refractivity contribution in [3.05, 3.63) is 70.7 Å². The number of halogens is 1. The molecule has 0 amide bonds. The van der Waals surface area contributed by atoms with E-state index in [0.717, 1.165) is 17.4 Å². The Morgan fingerprint density at radius 1 is 1.04 bits per heavy atom. The van der Waals surface area contributed by atoms with Gasteiger partial charge in [0.15, 0.2) is 0 Å². The molecular weight excluding hydrogens is 334 g/mol. The van der Waals surface area contributed by atoms with Crippen molar-refractivity contribution in [2.24, 2.45) is 0 Å². The van der Waals surface area contributed by atoms with E-state index in [1.54, 1.807) is 0 Å². The molecule has 0 saturated carbocycles. The lowest BCUT2D eigenvalue weighted by Crippen LogP contribution is -2.54. The van der Waals surface area contributed by atoms with Crippen LogP contribution in [-0.4, -0.2) is 38.8 Å². The van der Waals surface area contributed by atoms with Gasteiger partial charge in [0.25, 0.3) is 10.1 Å². The molecule has 3 rings (SSSR count). The van der Waals surface area contributed by atoms with Gasteiger partial charge in [-0.2, -0.15) is 8.42 Å². The van der Waals surface area contributed by atoms with E-state index in [0.29, 0.717) is 18.1 Å². The van der Waals surface area contributed by atoms with Crippen LogP contribution in [-0.2, 0) is 14.3 Å². The fourth-order valence-electron chi connectivity index (χ4n) is 2.88. The SMILES string of the molecule is CS(=O)(=O)OC1CN(C(c2ccccc2)c2ccc(Cl)cc2)C1. The Kier molecular flexibility index (Phi) is 4.73. The molecular formula is C17H18ClNO3S. The van der Waals surface area contributed by atoms with E-state index in [-0.39, 0.29) is 12.1 Å². The third kappa shape index (κ3) is 4.12. The highest BCUT2D eigenvalue weighted by Crippen LogP contribution is 2.33. The highest BCUT2D eigenvalue weighted by molar-refractivity contribution is 7.86. The highest BCUT2D eigenvalue weighted by atomic mass is 35.5. The van der Waals surface area contributed by atoms with Crippen molar-refractivity contribution < 1.29 is 12.6 Å². The second-order valence-corrected chi connectivity index (χ2v) is 7.78. The fraction of sp³-hybridized carbons (Fsp3) is 0.294. The van der Waals surface area contributed by atoms with Gasteiger partial charge >= 0.3 is 0 Å². The molecule has 1 unspecified atom stereocenters. The first-order chi connectivity index (χ1) is 10.9.